The molecule has 0 atom stereocenters. The normalized spacial score (nSPS) is 13.7. The fourth-order valence-electron chi connectivity index (χ4n) is 4.26. The second-order valence-corrected chi connectivity index (χ2v) is 8.29. The van der Waals surface area contributed by atoms with E-state index >= 15 is 0 Å². The lowest BCUT2D eigenvalue weighted by Gasteiger charge is -2.36. The zero-order chi connectivity index (χ0) is 23.5. The smallest absolute Gasteiger partial charge is 0.227 e. The number of anilines is 4. The van der Waals surface area contributed by atoms with Gasteiger partial charge in [-0.05, 0) is 30.7 Å². The summed E-state index contributed by atoms with van der Waals surface area (Å²) in [5, 5.41) is 4.53. The maximum atomic E-state index is 5.36. The molecular weight excluding hydrogens is 428 g/mol. The van der Waals surface area contributed by atoms with Gasteiger partial charge in [0.2, 0.25) is 5.95 Å². The van der Waals surface area contributed by atoms with Gasteiger partial charge in [-0.3, -0.25) is 4.98 Å². The number of benzene rings is 2. The summed E-state index contributed by atoms with van der Waals surface area (Å²) in [6, 6.07) is 16.1. The van der Waals surface area contributed by atoms with Crippen LogP contribution >= 0.6 is 0 Å². The third-order valence-corrected chi connectivity index (χ3v) is 6.05. The SMILES string of the molecule is COc1cc(Nc2ccnc(N3CCN(c4ccnc5cc(C)ccc45)CC3)n2)cc(OC)c1. The molecule has 0 bridgehead atoms. The van der Waals surface area contributed by atoms with Crippen LogP contribution in [0.1, 0.15) is 5.56 Å². The molecule has 2 aromatic heterocycles. The minimum absolute atomic E-state index is 0.714. The number of pyridine rings is 1. The highest BCUT2D eigenvalue weighted by Crippen LogP contribution is 2.29. The monoisotopic (exact) mass is 456 g/mol. The number of aromatic nitrogens is 3. The summed E-state index contributed by atoms with van der Waals surface area (Å²) in [4.78, 5) is 18.5. The first-order valence-corrected chi connectivity index (χ1v) is 11.3. The number of ether oxygens (including phenoxy) is 2. The highest BCUT2D eigenvalue weighted by molar-refractivity contribution is 5.92. The van der Waals surface area contributed by atoms with Crippen LogP contribution in [0.25, 0.3) is 10.9 Å². The number of nitrogens with zero attached hydrogens (tertiary/aromatic N) is 5. The van der Waals surface area contributed by atoms with Gasteiger partial charge in [-0.15, -0.1) is 0 Å². The van der Waals surface area contributed by atoms with E-state index in [1.807, 2.05) is 30.5 Å². The van der Waals surface area contributed by atoms with Gasteiger partial charge in [0, 0.05) is 73.5 Å². The van der Waals surface area contributed by atoms with E-state index in [0.29, 0.717) is 11.5 Å². The van der Waals surface area contributed by atoms with Crippen LogP contribution < -0.4 is 24.6 Å². The fourth-order valence-corrected chi connectivity index (χ4v) is 4.26. The van der Waals surface area contributed by atoms with Crippen LogP contribution in [-0.4, -0.2) is 55.4 Å². The van der Waals surface area contributed by atoms with Gasteiger partial charge in [-0.25, -0.2) is 4.98 Å². The number of hydrogen-bond donors (Lipinski definition) is 1. The minimum Gasteiger partial charge on any atom is -0.497 e. The number of hydrogen-bond acceptors (Lipinski definition) is 8. The number of rotatable bonds is 6. The van der Waals surface area contributed by atoms with Crippen molar-refractivity contribution in [3.63, 3.8) is 0 Å². The average Bonchev–Trinajstić information content (AvgIpc) is 2.88. The zero-order valence-corrected chi connectivity index (χ0v) is 19.7. The number of aryl methyl sites for hydroxylation is 1. The molecule has 8 heteroatoms. The number of fused-ring (bicyclic) bond motifs is 1. The molecule has 1 aliphatic rings. The Labute approximate surface area is 199 Å². The van der Waals surface area contributed by atoms with Gasteiger partial charge >= 0.3 is 0 Å². The van der Waals surface area contributed by atoms with Gasteiger partial charge in [0.15, 0.2) is 0 Å². The van der Waals surface area contributed by atoms with E-state index in [1.54, 1.807) is 20.4 Å². The number of nitrogens with one attached hydrogen (secondary N) is 1. The third kappa shape index (κ3) is 4.52. The van der Waals surface area contributed by atoms with Crippen molar-refractivity contribution in [3.8, 4) is 11.5 Å². The third-order valence-electron chi connectivity index (χ3n) is 6.05. The summed E-state index contributed by atoms with van der Waals surface area (Å²) >= 11 is 0. The average molecular weight is 457 g/mol. The fraction of sp³-hybridized carbons (Fsp3) is 0.269. The molecular formula is C26H28N6O2. The standard InChI is InChI=1S/C26H28N6O2/c1-18-4-5-22-23(14-18)27-8-6-24(22)31-10-12-32(13-11-31)26-28-9-7-25(30-26)29-19-15-20(33-2)17-21(16-19)34-3/h4-9,14-17H,10-13H2,1-3H3,(H,28,29,30). The van der Waals surface area contributed by atoms with E-state index in [9.17, 15) is 0 Å². The van der Waals surface area contributed by atoms with Crippen molar-refractivity contribution in [3.05, 3.63) is 66.5 Å². The largest absolute Gasteiger partial charge is 0.497 e. The Kier molecular flexibility index (Phi) is 6.03. The number of piperazine rings is 1. The molecule has 0 spiro atoms. The molecule has 34 heavy (non-hydrogen) atoms. The predicted octanol–water partition coefficient (Wildman–Crippen LogP) is 4.42. The molecule has 3 heterocycles. The first-order chi connectivity index (χ1) is 16.6. The van der Waals surface area contributed by atoms with E-state index in [-0.39, 0.29) is 0 Å². The second-order valence-electron chi connectivity index (χ2n) is 8.29. The van der Waals surface area contributed by atoms with Gasteiger partial charge in [-0.2, -0.15) is 4.98 Å². The summed E-state index contributed by atoms with van der Waals surface area (Å²) in [5.74, 6) is 2.87. The molecule has 0 unspecified atom stereocenters. The molecule has 174 valence electrons. The molecule has 4 aromatic rings. The van der Waals surface area contributed by atoms with Crippen LogP contribution in [0.15, 0.2) is 60.9 Å². The van der Waals surface area contributed by atoms with Gasteiger partial charge in [0.1, 0.15) is 17.3 Å². The van der Waals surface area contributed by atoms with Gasteiger partial charge < -0.3 is 24.6 Å². The van der Waals surface area contributed by atoms with Crippen molar-refractivity contribution in [2.45, 2.75) is 6.92 Å². The second kappa shape index (κ2) is 9.43. The highest BCUT2D eigenvalue weighted by Gasteiger charge is 2.21. The van der Waals surface area contributed by atoms with Crippen LogP contribution in [0.4, 0.5) is 23.1 Å². The summed E-state index contributed by atoms with van der Waals surface area (Å²) in [6.07, 6.45) is 3.68. The van der Waals surface area contributed by atoms with Gasteiger partial charge in [0.05, 0.1) is 19.7 Å². The molecule has 5 rings (SSSR count). The van der Waals surface area contributed by atoms with E-state index < -0.39 is 0 Å². The first kappa shape index (κ1) is 21.8. The van der Waals surface area contributed by atoms with E-state index in [0.717, 1.165) is 49.1 Å². The Morgan fingerprint density at radius 1 is 0.794 bits per heavy atom. The van der Waals surface area contributed by atoms with E-state index in [1.165, 1.54) is 16.6 Å². The molecule has 1 N–H and O–H groups in total. The van der Waals surface area contributed by atoms with Gasteiger partial charge in [0.25, 0.3) is 0 Å². The van der Waals surface area contributed by atoms with Crippen LogP contribution in [0.2, 0.25) is 0 Å². The minimum atomic E-state index is 0.714. The summed E-state index contributed by atoms with van der Waals surface area (Å²) in [7, 11) is 3.27. The van der Waals surface area contributed by atoms with Crippen molar-refractivity contribution in [2.75, 3.05) is 55.5 Å². The Morgan fingerprint density at radius 3 is 2.24 bits per heavy atom. The van der Waals surface area contributed by atoms with Crippen molar-refractivity contribution >= 4 is 34.0 Å². The molecule has 2 aromatic carbocycles. The van der Waals surface area contributed by atoms with E-state index in [2.05, 4.69) is 56.3 Å². The topological polar surface area (TPSA) is 75.6 Å². The lowest BCUT2D eigenvalue weighted by molar-refractivity contribution is 0.395. The van der Waals surface area contributed by atoms with E-state index in [4.69, 9.17) is 14.5 Å². The van der Waals surface area contributed by atoms with Crippen LogP contribution in [0.3, 0.4) is 0 Å². The van der Waals surface area contributed by atoms with Crippen molar-refractivity contribution < 1.29 is 9.47 Å². The molecule has 0 radical (unpaired) electrons. The number of methoxy groups -OCH3 is 2. The lowest BCUT2D eigenvalue weighted by Crippen LogP contribution is -2.47. The lowest BCUT2D eigenvalue weighted by atomic mass is 10.1. The molecule has 8 nitrogen and oxygen atoms in total. The molecule has 1 aliphatic heterocycles. The summed E-state index contributed by atoms with van der Waals surface area (Å²) < 4.78 is 10.7. The van der Waals surface area contributed by atoms with Crippen molar-refractivity contribution in [1.29, 1.82) is 0 Å². The van der Waals surface area contributed by atoms with Crippen molar-refractivity contribution in [1.82, 2.24) is 15.0 Å². The summed E-state index contributed by atoms with van der Waals surface area (Å²) in [5.41, 5.74) is 4.33. The molecule has 0 aliphatic carbocycles. The van der Waals surface area contributed by atoms with Crippen LogP contribution in [0, 0.1) is 6.92 Å². The predicted molar refractivity (Wildman–Crippen MR) is 136 cm³/mol. The maximum absolute atomic E-state index is 5.36. The van der Waals surface area contributed by atoms with Crippen LogP contribution in [0.5, 0.6) is 11.5 Å². The quantitative estimate of drug-likeness (QED) is 0.457. The Hall–Kier alpha value is -4.07. The molecule has 1 saturated heterocycles. The molecule has 0 amide bonds. The zero-order valence-electron chi connectivity index (χ0n) is 19.7. The maximum Gasteiger partial charge on any atom is 0.227 e. The highest BCUT2D eigenvalue weighted by atomic mass is 16.5. The summed E-state index contributed by atoms with van der Waals surface area (Å²) in [6.45, 7) is 5.56. The Bertz CT molecular complexity index is 1280. The van der Waals surface area contributed by atoms with Crippen molar-refractivity contribution in [2.24, 2.45) is 0 Å². The molecule has 0 saturated carbocycles. The Balaban J connectivity index is 1.30. The first-order valence-electron chi connectivity index (χ1n) is 11.3. The van der Waals surface area contributed by atoms with Gasteiger partial charge in [-0.1, -0.05) is 12.1 Å². The van der Waals surface area contributed by atoms with Crippen LogP contribution in [-0.2, 0) is 0 Å². The Morgan fingerprint density at radius 2 is 1.50 bits per heavy atom. The molecule has 1 fully saturated rings.